The Morgan fingerprint density at radius 1 is 1.50 bits per heavy atom. The van der Waals surface area contributed by atoms with Crippen LogP contribution in [0.3, 0.4) is 0 Å². The number of nitrogens with one attached hydrogen (secondary N) is 1. The van der Waals surface area contributed by atoms with Crippen LogP contribution in [0.15, 0.2) is 37.3 Å². The lowest BCUT2D eigenvalue weighted by molar-refractivity contribution is 1.16. The quantitative estimate of drug-likeness (QED) is 0.525. The van der Waals surface area contributed by atoms with Crippen molar-refractivity contribution in [1.82, 2.24) is 5.32 Å². The van der Waals surface area contributed by atoms with E-state index in [0.717, 1.165) is 0 Å². The summed E-state index contributed by atoms with van der Waals surface area (Å²) in [5.41, 5.74) is 5.89. The van der Waals surface area contributed by atoms with Crippen molar-refractivity contribution in [2.75, 3.05) is 0 Å². The van der Waals surface area contributed by atoms with E-state index in [4.69, 9.17) is 5.73 Å². The minimum absolute atomic E-state index is 0.602. The van der Waals surface area contributed by atoms with Gasteiger partial charge in [0.15, 0.2) is 0 Å². The van der Waals surface area contributed by atoms with E-state index in [-0.39, 0.29) is 0 Å². The zero-order valence-corrected chi connectivity index (χ0v) is 4.72. The lowest BCUT2D eigenvalue weighted by Crippen LogP contribution is -1.99. The van der Waals surface area contributed by atoms with Gasteiger partial charge in [0.1, 0.15) is 0 Å². The minimum atomic E-state index is 0.602. The van der Waals surface area contributed by atoms with E-state index in [0.29, 0.717) is 5.70 Å². The van der Waals surface area contributed by atoms with Gasteiger partial charge in [-0.3, -0.25) is 0 Å². The summed E-state index contributed by atoms with van der Waals surface area (Å²) < 4.78 is 0. The number of allylic oxidation sites excluding steroid dienone is 1. The Morgan fingerprint density at radius 2 is 2.12 bits per heavy atom. The van der Waals surface area contributed by atoms with Crippen molar-refractivity contribution in [3.8, 4) is 0 Å². The van der Waals surface area contributed by atoms with E-state index >= 15 is 0 Å². The second kappa shape index (κ2) is 3.99. The normalized spacial score (nSPS) is 10.2. The molecule has 0 aliphatic carbocycles. The first-order valence-electron chi connectivity index (χ1n) is 2.26. The molecule has 3 N–H and O–H groups in total. The van der Waals surface area contributed by atoms with Crippen LogP contribution < -0.4 is 11.1 Å². The SMILES string of the molecule is C=CN/C=C(\N)C=C. The van der Waals surface area contributed by atoms with Gasteiger partial charge in [-0.25, -0.2) is 0 Å². The molecule has 0 amide bonds. The molecule has 0 saturated carbocycles. The Bertz CT molecular complexity index is 114. The van der Waals surface area contributed by atoms with Crippen LogP contribution in [-0.4, -0.2) is 0 Å². The van der Waals surface area contributed by atoms with Gasteiger partial charge in [-0.2, -0.15) is 0 Å². The Labute approximate surface area is 49.4 Å². The molecule has 0 aromatic heterocycles. The molecule has 0 spiro atoms. The topological polar surface area (TPSA) is 38.0 Å². The van der Waals surface area contributed by atoms with Crippen molar-refractivity contribution >= 4 is 0 Å². The molecule has 0 atom stereocenters. The maximum absolute atomic E-state index is 5.29. The number of hydrogen-bond donors (Lipinski definition) is 2. The molecule has 0 fully saturated rings. The largest absolute Gasteiger partial charge is 0.398 e. The van der Waals surface area contributed by atoms with Gasteiger partial charge in [-0.15, -0.1) is 0 Å². The lowest BCUT2D eigenvalue weighted by Gasteiger charge is -1.89. The molecule has 0 aliphatic rings. The van der Waals surface area contributed by atoms with Gasteiger partial charge < -0.3 is 11.1 Å². The molecule has 0 aromatic carbocycles. The molecule has 8 heavy (non-hydrogen) atoms. The number of rotatable bonds is 3. The van der Waals surface area contributed by atoms with Crippen LogP contribution in [0.4, 0.5) is 0 Å². The maximum Gasteiger partial charge on any atom is 0.0471 e. The van der Waals surface area contributed by atoms with Crippen molar-refractivity contribution in [3.05, 3.63) is 37.3 Å². The third-order valence-electron chi connectivity index (χ3n) is 0.604. The van der Waals surface area contributed by atoms with E-state index in [1.54, 1.807) is 12.3 Å². The summed E-state index contributed by atoms with van der Waals surface area (Å²) in [5, 5.41) is 2.70. The van der Waals surface area contributed by atoms with Crippen LogP contribution in [0.1, 0.15) is 0 Å². The van der Waals surface area contributed by atoms with Crippen molar-refractivity contribution in [2.24, 2.45) is 5.73 Å². The molecule has 0 heterocycles. The minimum Gasteiger partial charge on any atom is -0.398 e. The second-order valence-corrected chi connectivity index (χ2v) is 1.22. The molecule has 44 valence electrons. The zero-order valence-electron chi connectivity index (χ0n) is 4.72. The van der Waals surface area contributed by atoms with Gasteiger partial charge >= 0.3 is 0 Å². The maximum atomic E-state index is 5.29. The van der Waals surface area contributed by atoms with Gasteiger partial charge in [-0.05, 0) is 12.3 Å². The summed E-state index contributed by atoms with van der Waals surface area (Å²) in [6, 6.07) is 0. The zero-order chi connectivity index (χ0) is 6.41. The Kier molecular flexibility index (Phi) is 3.40. The molecule has 0 rings (SSSR count). The molecular weight excluding hydrogens is 100 g/mol. The van der Waals surface area contributed by atoms with Crippen molar-refractivity contribution in [3.63, 3.8) is 0 Å². The monoisotopic (exact) mass is 110 g/mol. The van der Waals surface area contributed by atoms with Gasteiger partial charge in [0.25, 0.3) is 0 Å². The van der Waals surface area contributed by atoms with Crippen LogP contribution in [0.25, 0.3) is 0 Å². The Hall–Kier alpha value is -1.18. The summed E-state index contributed by atoms with van der Waals surface area (Å²) in [5.74, 6) is 0. The first kappa shape index (κ1) is 6.82. The van der Waals surface area contributed by atoms with E-state index in [2.05, 4.69) is 18.5 Å². The highest BCUT2D eigenvalue weighted by molar-refractivity contribution is 5.10. The third-order valence-corrected chi connectivity index (χ3v) is 0.604. The van der Waals surface area contributed by atoms with E-state index in [1.165, 1.54) is 6.20 Å². The summed E-state index contributed by atoms with van der Waals surface area (Å²) in [4.78, 5) is 0. The molecule has 2 heteroatoms. The number of nitrogens with two attached hydrogens (primary N) is 1. The molecule has 0 unspecified atom stereocenters. The second-order valence-electron chi connectivity index (χ2n) is 1.22. The van der Waals surface area contributed by atoms with Crippen LogP contribution in [0.2, 0.25) is 0 Å². The molecule has 0 bridgehead atoms. The first-order valence-corrected chi connectivity index (χ1v) is 2.26. The van der Waals surface area contributed by atoms with Crippen LogP contribution in [0, 0.1) is 0 Å². The Morgan fingerprint density at radius 3 is 2.50 bits per heavy atom. The summed E-state index contributed by atoms with van der Waals surface area (Å²) >= 11 is 0. The van der Waals surface area contributed by atoms with Crippen LogP contribution in [0.5, 0.6) is 0 Å². The fraction of sp³-hybridized carbons (Fsp3) is 0. The van der Waals surface area contributed by atoms with Crippen molar-refractivity contribution in [1.29, 1.82) is 0 Å². The fourth-order valence-corrected chi connectivity index (χ4v) is 0.214. The molecule has 0 saturated heterocycles. The standard InChI is InChI=1S/C6H10N2/c1-3-6(7)5-8-4-2/h3-5,8H,1-2,7H2/b6-5-. The van der Waals surface area contributed by atoms with Gasteiger partial charge in [-0.1, -0.05) is 13.2 Å². The predicted octanol–water partition coefficient (Wildman–Crippen LogP) is 0.706. The summed E-state index contributed by atoms with van der Waals surface area (Å²) in [6.07, 6.45) is 4.70. The van der Waals surface area contributed by atoms with Gasteiger partial charge in [0, 0.05) is 11.9 Å². The van der Waals surface area contributed by atoms with Gasteiger partial charge in [0.2, 0.25) is 0 Å². The summed E-state index contributed by atoms with van der Waals surface area (Å²) in [7, 11) is 0. The van der Waals surface area contributed by atoms with Gasteiger partial charge in [0.05, 0.1) is 0 Å². The van der Waals surface area contributed by atoms with Crippen LogP contribution in [-0.2, 0) is 0 Å². The molecule has 0 radical (unpaired) electrons. The van der Waals surface area contributed by atoms with E-state index < -0.39 is 0 Å². The average molecular weight is 110 g/mol. The number of hydrogen-bond acceptors (Lipinski definition) is 2. The average Bonchev–Trinajstić information content (AvgIpc) is 1.83. The fourth-order valence-electron chi connectivity index (χ4n) is 0.214. The van der Waals surface area contributed by atoms with E-state index in [9.17, 15) is 0 Å². The Balaban J connectivity index is 3.56. The lowest BCUT2D eigenvalue weighted by atomic mass is 10.5. The highest BCUT2D eigenvalue weighted by atomic mass is 14.8. The highest BCUT2D eigenvalue weighted by Gasteiger charge is 1.72. The predicted molar refractivity (Wildman–Crippen MR) is 35.8 cm³/mol. The third kappa shape index (κ3) is 3.03. The molecular formula is C6H10N2. The molecule has 0 aromatic rings. The van der Waals surface area contributed by atoms with Crippen molar-refractivity contribution in [2.45, 2.75) is 0 Å². The van der Waals surface area contributed by atoms with Crippen molar-refractivity contribution < 1.29 is 0 Å². The van der Waals surface area contributed by atoms with Crippen LogP contribution >= 0.6 is 0 Å². The smallest absolute Gasteiger partial charge is 0.0471 e. The first-order chi connectivity index (χ1) is 3.81. The highest BCUT2D eigenvalue weighted by Crippen LogP contribution is 1.77. The molecule has 2 nitrogen and oxygen atoms in total. The summed E-state index contributed by atoms with van der Waals surface area (Å²) in [6.45, 7) is 6.87. The molecule has 0 aliphatic heterocycles. The van der Waals surface area contributed by atoms with E-state index in [1.807, 2.05) is 0 Å².